The van der Waals surface area contributed by atoms with Gasteiger partial charge in [0.2, 0.25) is 0 Å². The zero-order valence-electron chi connectivity index (χ0n) is 15.1. The van der Waals surface area contributed by atoms with Crippen LogP contribution < -0.4 is 0 Å². The number of carbonyl (C=O) groups excluding carboxylic acids is 1. The SMILES string of the molecule is CC1=C2CC/C(C)=C/C[C@@H](O)C3(C)O[C@H]3CC/C(C)=C/[C@@H]2OC1=O. The van der Waals surface area contributed by atoms with Crippen LogP contribution in [0.2, 0.25) is 0 Å². The maximum absolute atomic E-state index is 11.9. The standard InChI is InChI=1S/C20H28O4/c1-12-5-8-15-14(3)19(22)23-16(15)11-13(2)7-10-18-20(4,24-18)17(21)9-6-12/h6,11,16-18,21H,5,7-10H2,1-4H3/b12-6+,13-11+/t16-,17+,18-,20?/m0/s1. The van der Waals surface area contributed by atoms with Crippen molar-refractivity contribution in [3.8, 4) is 0 Å². The van der Waals surface area contributed by atoms with Crippen LogP contribution in [-0.2, 0) is 14.3 Å². The van der Waals surface area contributed by atoms with E-state index in [4.69, 9.17) is 9.47 Å². The number of rotatable bonds is 0. The largest absolute Gasteiger partial charge is 0.450 e. The molecule has 0 aromatic carbocycles. The molecule has 1 fully saturated rings. The minimum atomic E-state index is -0.463. The highest BCUT2D eigenvalue weighted by Crippen LogP contribution is 2.44. The van der Waals surface area contributed by atoms with Crippen molar-refractivity contribution in [2.75, 3.05) is 0 Å². The summed E-state index contributed by atoms with van der Waals surface area (Å²) >= 11 is 0. The third kappa shape index (κ3) is 3.35. The first-order valence-electron chi connectivity index (χ1n) is 8.90. The molecule has 1 unspecified atom stereocenters. The van der Waals surface area contributed by atoms with Gasteiger partial charge in [-0.1, -0.05) is 17.2 Å². The smallest absolute Gasteiger partial charge is 0.334 e. The minimum absolute atomic E-state index is 0.107. The first-order valence-corrected chi connectivity index (χ1v) is 8.90. The molecule has 0 aromatic heterocycles. The highest BCUT2D eigenvalue weighted by atomic mass is 16.6. The lowest BCUT2D eigenvalue weighted by Crippen LogP contribution is -2.28. The number of fused-ring (bicyclic) bond motifs is 2. The van der Waals surface area contributed by atoms with Gasteiger partial charge in [0.1, 0.15) is 11.7 Å². The Morgan fingerprint density at radius 2 is 1.92 bits per heavy atom. The number of aliphatic hydroxyl groups excluding tert-OH is 1. The topological polar surface area (TPSA) is 59.1 Å². The molecule has 0 spiro atoms. The number of allylic oxidation sites excluding steroid dienone is 2. The second kappa shape index (κ2) is 6.49. The Balaban J connectivity index is 1.83. The Bertz CT molecular complexity index is 628. The highest BCUT2D eigenvalue weighted by molar-refractivity contribution is 5.92. The predicted octanol–water partition coefficient (Wildman–Crippen LogP) is 3.60. The number of esters is 1. The maximum atomic E-state index is 11.9. The number of carbonyl (C=O) groups is 1. The maximum Gasteiger partial charge on any atom is 0.334 e. The van der Waals surface area contributed by atoms with Crippen molar-refractivity contribution in [2.24, 2.45) is 0 Å². The van der Waals surface area contributed by atoms with E-state index < -0.39 is 11.7 Å². The van der Waals surface area contributed by atoms with Gasteiger partial charge in [-0.3, -0.25) is 0 Å². The predicted molar refractivity (Wildman–Crippen MR) is 92.5 cm³/mol. The van der Waals surface area contributed by atoms with Gasteiger partial charge in [0.05, 0.1) is 12.2 Å². The quantitative estimate of drug-likeness (QED) is 0.418. The van der Waals surface area contributed by atoms with Crippen molar-refractivity contribution < 1.29 is 19.4 Å². The number of hydrogen-bond acceptors (Lipinski definition) is 4. The molecule has 0 radical (unpaired) electrons. The summed E-state index contributed by atoms with van der Waals surface area (Å²) in [5.74, 6) is -0.196. The minimum Gasteiger partial charge on any atom is -0.450 e. The van der Waals surface area contributed by atoms with Crippen molar-refractivity contribution >= 4 is 5.97 Å². The Morgan fingerprint density at radius 1 is 1.17 bits per heavy atom. The highest BCUT2D eigenvalue weighted by Gasteiger charge is 2.56. The van der Waals surface area contributed by atoms with Gasteiger partial charge >= 0.3 is 5.97 Å². The average Bonchev–Trinajstić information content (AvgIpc) is 3.13. The molecule has 132 valence electrons. The molecule has 24 heavy (non-hydrogen) atoms. The third-order valence-corrected chi connectivity index (χ3v) is 5.72. The molecule has 3 aliphatic rings. The van der Waals surface area contributed by atoms with Gasteiger partial charge in [0.25, 0.3) is 0 Å². The van der Waals surface area contributed by atoms with Crippen LogP contribution in [0.15, 0.2) is 34.4 Å². The molecule has 4 heteroatoms. The van der Waals surface area contributed by atoms with E-state index in [0.717, 1.165) is 36.8 Å². The van der Waals surface area contributed by atoms with E-state index in [-0.39, 0.29) is 18.2 Å². The van der Waals surface area contributed by atoms with Crippen molar-refractivity contribution in [3.05, 3.63) is 34.4 Å². The fourth-order valence-electron chi connectivity index (χ4n) is 3.68. The summed E-state index contributed by atoms with van der Waals surface area (Å²) in [5.41, 5.74) is 3.87. The van der Waals surface area contributed by atoms with Crippen LogP contribution in [0, 0.1) is 0 Å². The summed E-state index contributed by atoms with van der Waals surface area (Å²) in [4.78, 5) is 11.9. The third-order valence-electron chi connectivity index (χ3n) is 5.72. The summed E-state index contributed by atoms with van der Waals surface area (Å²) in [6.07, 6.45) is 7.69. The summed E-state index contributed by atoms with van der Waals surface area (Å²) in [7, 11) is 0. The van der Waals surface area contributed by atoms with E-state index in [2.05, 4.69) is 26.0 Å². The van der Waals surface area contributed by atoms with Crippen LogP contribution in [0.5, 0.6) is 0 Å². The van der Waals surface area contributed by atoms with E-state index in [1.165, 1.54) is 11.1 Å². The van der Waals surface area contributed by atoms with E-state index in [9.17, 15) is 9.90 Å². The first-order chi connectivity index (χ1) is 11.3. The van der Waals surface area contributed by atoms with Crippen LogP contribution in [0.25, 0.3) is 0 Å². The number of epoxide rings is 1. The second-order valence-electron chi connectivity index (χ2n) is 7.62. The van der Waals surface area contributed by atoms with E-state index in [1.807, 2.05) is 13.8 Å². The lowest BCUT2D eigenvalue weighted by atomic mass is 9.91. The Hall–Kier alpha value is -1.39. The summed E-state index contributed by atoms with van der Waals surface area (Å²) < 4.78 is 11.3. The number of ether oxygens (including phenoxy) is 2. The molecule has 1 aliphatic carbocycles. The Labute approximate surface area is 144 Å². The second-order valence-corrected chi connectivity index (χ2v) is 7.62. The van der Waals surface area contributed by atoms with Gasteiger partial charge in [0.15, 0.2) is 0 Å². The average molecular weight is 332 g/mol. The lowest BCUT2D eigenvalue weighted by Gasteiger charge is -2.16. The van der Waals surface area contributed by atoms with Gasteiger partial charge in [-0.25, -0.2) is 4.79 Å². The summed E-state index contributed by atoms with van der Waals surface area (Å²) in [6, 6.07) is 0. The van der Waals surface area contributed by atoms with Crippen LogP contribution in [0.4, 0.5) is 0 Å². The Kier molecular flexibility index (Phi) is 4.71. The van der Waals surface area contributed by atoms with Crippen LogP contribution >= 0.6 is 0 Å². The van der Waals surface area contributed by atoms with Crippen LogP contribution in [0.3, 0.4) is 0 Å². The summed E-state index contributed by atoms with van der Waals surface area (Å²) in [6.45, 7) is 8.01. The molecule has 2 heterocycles. The van der Waals surface area contributed by atoms with Gasteiger partial charge in [-0.05, 0) is 71.4 Å². The normalized spacial score (nSPS) is 42.0. The molecular formula is C20H28O4. The number of hydrogen-bond donors (Lipinski definition) is 1. The molecule has 0 amide bonds. The molecule has 4 atom stereocenters. The monoisotopic (exact) mass is 332 g/mol. The number of aliphatic hydroxyl groups is 1. The molecule has 4 nitrogen and oxygen atoms in total. The zero-order chi connectivity index (χ0) is 17.5. The molecule has 1 saturated heterocycles. The van der Waals surface area contributed by atoms with E-state index in [1.54, 1.807) is 0 Å². The summed E-state index contributed by atoms with van der Waals surface area (Å²) in [5, 5.41) is 10.4. The fourth-order valence-corrected chi connectivity index (χ4v) is 3.68. The van der Waals surface area contributed by atoms with Crippen LogP contribution in [0.1, 0.15) is 59.8 Å². The van der Waals surface area contributed by atoms with Gasteiger partial charge in [-0.15, -0.1) is 0 Å². The Morgan fingerprint density at radius 3 is 2.67 bits per heavy atom. The van der Waals surface area contributed by atoms with Crippen molar-refractivity contribution in [1.82, 2.24) is 0 Å². The molecular weight excluding hydrogens is 304 g/mol. The molecule has 1 N–H and O–H groups in total. The van der Waals surface area contributed by atoms with Gasteiger partial charge < -0.3 is 14.6 Å². The first kappa shape index (κ1) is 17.4. The lowest BCUT2D eigenvalue weighted by molar-refractivity contribution is -0.138. The molecule has 3 rings (SSSR count). The van der Waals surface area contributed by atoms with Crippen molar-refractivity contribution in [2.45, 2.75) is 83.7 Å². The van der Waals surface area contributed by atoms with Gasteiger partial charge in [0, 0.05) is 5.57 Å². The van der Waals surface area contributed by atoms with Crippen LogP contribution in [-0.4, -0.2) is 35.0 Å². The zero-order valence-corrected chi connectivity index (χ0v) is 15.1. The van der Waals surface area contributed by atoms with Crippen molar-refractivity contribution in [1.29, 1.82) is 0 Å². The van der Waals surface area contributed by atoms with Crippen molar-refractivity contribution in [3.63, 3.8) is 0 Å². The molecule has 2 aliphatic heterocycles. The molecule has 0 aromatic rings. The van der Waals surface area contributed by atoms with E-state index >= 15 is 0 Å². The molecule has 0 bridgehead atoms. The fraction of sp³-hybridized carbons (Fsp3) is 0.650. The van der Waals surface area contributed by atoms with Gasteiger partial charge in [-0.2, -0.15) is 0 Å². The molecule has 0 saturated carbocycles. The van der Waals surface area contributed by atoms with E-state index in [0.29, 0.717) is 6.42 Å².